The van der Waals surface area contributed by atoms with Crippen LogP contribution in [0.1, 0.15) is 61.4 Å². The fourth-order valence-electron chi connectivity index (χ4n) is 3.51. The molecule has 0 aliphatic carbocycles. The van der Waals surface area contributed by atoms with Gasteiger partial charge in [-0.1, -0.05) is 39.0 Å². The van der Waals surface area contributed by atoms with Crippen LogP contribution < -0.4 is 9.47 Å². The zero-order valence-corrected chi connectivity index (χ0v) is 18.8. The highest BCUT2D eigenvalue weighted by Gasteiger charge is 2.15. The van der Waals surface area contributed by atoms with Gasteiger partial charge in [0.05, 0.1) is 32.1 Å². The molecule has 0 unspecified atom stereocenters. The van der Waals surface area contributed by atoms with E-state index in [0.29, 0.717) is 29.0 Å². The lowest BCUT2D eigenvalue weighted by Crippen LogP contribution is -2.04. The number of carbonyl (C=O) groups excluding carboxylic acids is 1. The molecular formula is C24H31N3O4. The zero-order valence-electron chi connectivity index (χ0n) is 18.8. The molecule has 0 saturated carbocycles. The maximum Gasteiger partial charge on any atom is 0.337 e. The maximum atomic E-state index is 11.8. The Hall–Kier alpha value is -3.09. The van der Waals surface area contributed by atoms with Gasteiger partial charge >= 0.3 is 5.97 Å². The van der Waals surface area contributed by atoms with Crippen LogP contribution in [0.5, 0.6) is 11.5 Å². The van der Waals surface area contributed by atoms with E-state index in [1.54, 1.807) is 30.1 Å². The van der Waals surface area contributed by atoms with E-state index in [4.69, 9.17) is 14.2 Å². The summed E-state index contributed by atoms with van der Waals surface area (Å²) in [6.45, 7) is 4.88. The van der Waals surface area contributed by atoms with Gasteiger partial charge in [0.1, 0.15) is 11.0 Å². The normalized spacial score (nSPS) is 11.0. The number of aromatic nitrogens is 3. The van der Waals surface area contributed by atoms with E-state index < -0.39 is 5.97 Å². The van der Waals surface area contributed by atoms with Crippen molar-refractivity contribution in [3.8, 4) is 17.2 Å². The Bertz CT molecular complexity index is 1030. The van der Waals surface area contributed by atoms with E-state index in [0.717, 1.165) is 23.4 Å². The van der Waals surface area contributed by atoms with Gasteiger partial charge in [0, 0.05) is 6.07 Å². The van der Waals surface area contributed by atoms with Crippen molar-refractivity contribution in [2.24, 2.45) is 0 Å². The molecule has 7 nitrogen and oxygen atoms in total. The van der Waals surface area contributed by atoms with Gasteiger partial charge in [0.2, 0.25) is 0 Å². The van der Waals surface area contributed by atoms with Gasteiger partial charge in [-0.05, 0) is 43.2 Å². The first kappa shape index (κ1) is 22.6. The highest BCUT2D eigenvalue weighted by atomic mass is 16.5. The first-order valence-corrected chi connectivity index (χ1v) is 10.8. The third-order valence-electron chi connectivity index (χ3n) is 5.22. The van der Waals surface area contributed by atoms with Crippen molar-refractivity contribution in [2.45, 2.75) is 52.4 Å². The van der Waals surface area contributed by atoms with E-state index in [9.17, 15) is 4.79 Å². The predicted octanol–water partition coefficient (Wildman–Crippen LogP) is 5.26. The van der Waals surface area contributed by atoms with Crippen molar-refractivity contribution in [1.82, 2.24) is 15.0 Å². The number of hydrogen-bond acceptors (Lipinski definition) is 6. The van der Waals surface area contributed by atoms with Gasteiger partial charge in [-0.15, -0.1) is 10.2 Å². The van der Waals surface area contributed by atoms with Crippen molar-refractivity contribution >= 4 is 17.0 Å². The van der Waals surface area contributed by atoms with E-state index in [1.807, 2.05) is 19.1 Å². The molecule has 0 spiro atoms. The minimum atomic E-state index is -0.402. The number of esters is 1. The van der Waals surface area contributed by atoms with Crippen LogP contribution in [0, 0.1) is 6.92 Å². The number of nitrogens with zero attached hydrogens (tertiary/aromatic N) is 3. The smallest absolute Gasteiger partial charge is 0.337 e. The highest BCUT2D eigenvalue weighted by molar-refractivity contribution is 5.93. The van der Waals surface area contributed by atoms with E-state index >= 15 is 0 Å². The van der Waals surface area contributed by atoms with Crippen LogP contribution in [-0.4, -0.2) is 41.8 Å². The van der Waals surface area contributed by atoms with Crippen molar-refractivity contribution in [3.05, 3.63) is 41.5 Å². The summed E-state index contributed by atoms with van der Waals surface area (Å²) in [7, 11) is 2.99. The van der Waals surface area contributed by atoms with Crippen LogP contribution in [-0.2, 0) is 4.74 Å². The summed E-state index contributed by atoms with van der Waals surface area (Å²) in [6.07, 6.45) is 7.31. The van der Waals surface area contributed by atoms with Crippen LogP contribution in [0.15, 0.2) is 30.3 Å². The van der Waals surface area contributed by atoms with E-state index in [1.165, 1.54) is 39.2 Å². The summed E-state index contributed by atoms with van der Waals surface area (Å²) >= 11 is 0. The standard InChI is InChI=1S/C24H31N3O4/c1-5-6-7-8-9-10-13-31-23-17(2)14-19(16-22(23)29-3)27-25-20-12-11-18(24(28)30-4)15-21(20)26-27/h11-12,14-16H,5-10,13H2,1-4H3. The molecule has 0 N–H and O–H groups in total. The monoisotopic (exact) mass is 425 g/mol. The van der Waals surface area contributed by atoms with Gasteiger partial charge in [0.15, 0.2) is 11.5 Å². The quantitative estimate of drug-likeness (QED) is 0.308. The molecule has 0 aliphatic heterocycles. The molecule has 0 amide bonds. The van der Waals surface area contributed by atoms with Gasteiger partial charge < -0.3 is 14.2 Å². The zero-order chi connectivity index (χ0) is 22.2. The van der Waals surface area contributed by atoms with Crippen molar-refractivity contribution in [3.63, 3.8) is 0 Å². The number of ether oxygens (including phenoxy) is 3. The Balaban J connectivity index is 1.75. The molecule has 3 aromatic rings. The second-order valence-electron chi connectivity index (χ2n) is 7.59. The molecule has 2 aromatic carbocycles. The summed E-state index contributed by atoms with van der Waals surface area (Å²) in [4.78, 5) is 13.3. The highest BCUT2D eigenvalue weighted by Crippen LogP contribution is 2.34. The van der Waals surface area contributed by atoms with Crippen LogP contribution in [0.25, 0.3) is 16.7 Å². The number of aryl methyl sites for hydroxylation is 1. The van der Waals surface area contributed by atoms with Gasteiger partial charge in [0.25, 0.3) is 0 Å². The molecule has 31 heavy (non-hydrogen) atoms. The fraction of sp³-hybridized carbons (Fsp3) is 0.458. The Kier molecular flexibility index (Phi) is 7.87. The van der Waals surface area contributed by atoms with E-state index in [-0.39, 0.29) is 0 Å². The lowest BCUT2D eigenvalue weighted by Gasteiger charge is -2.15. The Morgan fingerprint density at radius 3 is 2.45 bits per heavy atom. The van der Waals surface area contributed by atoms with Gasteiger partial charge in [-0.2, -0.15) is 4.80 Å². The number of carbonyl (C=O) groups is 1. The topological polar surface area (TPSA) is 75.5 Å². The SMILES string of the molecule is CCCCCCCCOc1c(C)cc(-n2nc3ccc(C(=O)OC)cc3n2)cc1OC. The fourth-order valence-corrected chi connectivity index (χ4v) is 3.51. The molecule has 0 saturated heterocycles. The molecule has 0 radical (unpaired) electrons. The average molecular weight is 426 g/mol. The van der Waals surface area contributed by atoms with Crippen molar-refractivity contribution in [1.29, 1.82) is 0 Å². The summed E-state index contributed by atoms with van der Waals surface area (Å²) in [5.41, 5.74) is 3.46. The van der Waals surface area contributed by atoms with Crippen LogP contribution in [0.2, 0.25) is 0 Å². The number of rotatable bonds is 11. The predicted molar refractivity (Wildman–Crippen MR) is 120 cm³/mol. The van der Waals surface area contributed by atoms with E-state index in [2.05, 4.69) is 17.1 Å². The summed E-state index contributed by atoms with van der Waals surface area (Å²) < 4.78 is 16.4. The molecule has 0 fully saturated rings. The van der Waals surface area contributed by atoms with Crippen LogP contribution in [0.4, 0.5) is 0 Å². The van der Waals surface area contributed by atoms with Gasteiger partial charge in [-0.25, -0.2) is 4.79 Å². The average Bonchev–Trinajstić information content (AvgIpc) is 3.21. The second kappa shape index (κ2) is 10.8. The maximum absolute atomic E-state index is 11.8. The summed E-state index contributed by atoms with van der Waals surface area (Å²) in [5, 5.41) is 9.04. The first-order chi connectivity index (χ1) is 15.1. The van der Waals surface area contributed by atoms with Gasteiger partial charge in [-0.3, -0.25) is 0 Å². The lowest BCUT2D eigenvalue weighted by molar-refractivity contribution is 0.0601. The van der Waals surface area contributed by atoms with Crippen LogP contribution >= 0.6 is 0 Å². The molecule has 0 bridgehead atoms. The Morgan fingerprint density at radius 2 is 1.71 bits per heavy atom. The van der Waals surface area contributed by atoms with Crippen LogP contribution in [0.3, 0.4) is 0 Å². The molecule has 3 rings (SSSR count). The number of benzene rings is 2. The summed E-state index contributed by atoms with van der Waals surface area (Å²) in [6, 6.07) is 8.95. The number of hydrogen-bond donors (Lipinski definition) is 0. The molecule has 0 aliphatic rings. The Morgan fingerprint density at radius 1 is 0.968 bits per heavy atom. The minimum absolute atomic E-state index is 0.402. The van der Waals surface area contributed by atoms with Crippen molar-refractivity contribution < 1.29 is 19.0 Å². The lowest BCUT2D eigenvalue weighted by atomic mass is 10.1. The molecule has 0 atom stereocenters. The first-order valence-electron chi connectivity index (χ1n) is 10.8. The molecule has 1 aromatic heterocycles. The molecule has 166 valence electrons. The number of fused-ring (bicyclic) bond motifs is 1. The number of unbranched alkanes of at least 4 members (excludes halogenated alkanes) is 5. The number of methoxy groups -OCH3 is 2. The largest absolute Gasteiger partial charge is 0.493 e. The molecule has 7 heteroatoms. The second-order valence-corrected chi connectivity index (χ2v) is 7.59. The summed E-state index contributed by atoms with van der Waals surface area (Å²) in [5.74, 6) is 1.00. The minimum Gasteiger partial charge on any atom is -0.493 e. The third kappa shape index (κ3) is 5.54. The van der Waals surface area contributed by atoms with Crippen molar-refractivity contribution in [2.75, 3.05) is 20.8 Å². The molecular weight excluding hydrogens is 394 g/mol. The molecule has 1 heterocycles. The Labute approximate surface area is 183 Å². The third-order valence-corrected chi connectivity index (χ3v) is 5.22.